The lowest BCUT2D eigenvalue weighted by Gasteiger charge is -2.41. The summed E-state index contributed by atoms with van der Waals surface area (Å²) in [5, 5.41) is 3.28. The van der Waals surface area contributed by atoms with Crippen molar-refractivity contribution in [3.05, 3.63) is 48.3 Å². The van der Waals surface area contributed by atoms with Crippen LogP contribution in [0, 0.1) is 0 Å². The zero-order valence-electron chi connectivity index (χ0n) is 18.1. The molecule has 0 saturated carbocycles. The number of carbonyl (C=O) groups excluding carboxylic acids is 1. The fraction of sp³-hybridized carbons (Fsp3) is 0.542. The maximum absolute atomic E-state index is 12.9. The minimum absolute atomic E-state index is 0.299. The summed E-state index contributed by atoms with van der Waals surface area (Å²) >= 11 is 0. The van der Waals surface area contributed by atoms with Crippen LogP contribution in [0.1, 0.15) is 57.6 Å². The van der Waals surface area contributed by atoms with Gasteiger partial charge in [-0.2, -0.15) is 0 Å². The first-order chi connectivity index (χ1) is 14.6. The number of aromatic nitrogens is 2. The van der Waals surface area contributed by atoms with Gasteiger partial charge in [0.2, 0.25) is 5.91 Å². The molecule has 4 rings (SSSR count). The highest BCUT2D eigenvalue weighted by molar-refractivity contribution is 5.79. The molecule has 2 fully saturated rings. The minimum atomic E-state index is 0.299. The molecular weight excluding hydrogens is 374 g/mol. The number of carbonyl (C=O) groups is 1. The number of nitrogens with one attached hydrogen (secondary N) is 1. The fourth-order valence-corrected chi connectivity index (χ4v) is 4.89. The summed E-state index contributed by atoms with van der Waals surface area (Å²) in [6, 6.07) is 12.7. The van der Waals surface area contributed by atoms with Gasteiger partial charge in [0.1, 0.15) is 11.6 Å². The Balaban J connectivity index is 1.31. The van der Waals surface area contributed by atoms with Crippen LogP contribution >= 0.6 is 0 Å². The summed E-state index contributed by atoms with van der Waals surface area (Å²) in [5.74, 6) is 2.37. The van der Waals surface area contributed by atoms with E-state index in [0.717, 1.165) is 56.1 Å². The van der Waals surface area contributed by atoms with Crippen LogP contribution in [0.5, 0.6) is 0 Å². The summed E-state index contributed by atoms with van der Waals surface area (Å²) in [6.07, 6.45) is 7.35. The van der Waals surface area contributed by atoms with Gasteiger partial charge in [0, 0.05) is 29.9 Å². The molecule has 0 spiro atoms. The van der Waals surface area contributed by atoms with Gasteiger partial charge in [-0.25, -0.2) is 9.97 Å². The van der Waals surface area contributed by atoms with E-state index in [1.807, 2.05) is 24.3 Å². The Hall–Kier alpha value is -2.47. The van der Waals surface area contributed by atoms with E-state index < -0.39 is 0 Å². The van der Waals surface area contributed by atoms with Gasteiger partial charge in [0.15, 0.2) is 0 Å². The Morgan fingerprint density at radius 1 is 1.00 bits per heavy atom. The largest absolute Gasteiger partial charge is 0.336 e. The predicted molar refractivity (Wildman–Crippen MR) is 120 cm³/mol. The zero-order valence-corrected chi connectivity index (χ0v) is 18.1. The number of nitrogens with zero attached hydrogens (tertiary/aromatic N) is 4. The molecule has 0 aromatic carbocycles. The van der Waals surface area contributed by atoms with E-state index in [-0.39, 0.29) is 0 Å². The second kappa shape index (κ2) is 9.56. The van der Waals surface area contributed by atoms with Crippen LogP contribution in [-0.4, -0.2) is 57.4 Å². The van der Waals surface area contributed by atoms with E-state index >= 15 is 0 Å². The SMILES string of the molecule is C[C@@H]1CCC[C@H](C)N1C(=O)CN1CCC(c2cccc(Nc3ccccn3)n2)CC1. The van der Waals surface area contributed by atoms with Crippen molar-refractivity contribution in [1.82, 2.24) is 19.8 Å². The molecule has 2 atom stereocenters. The van der Waals surface area contributed by atoms with Crippen molar-refractivity contribution in [3.8, 4) is 0 Å². The molecule has 30 heavy (non-hydrogen) atoms. The van der Waals surface area contributed by atoms with Gasteiger partial charge < -0.3 is 10.2 Å². The third-order valence-electron chi connectivity index (χ3n) is 6.54. The molecule has 6 heteroatoms. The van der Waals surface area contributed by atoms with Gasteiger partial charge in [0.05, 0.1) is 6.54 Å². The Morgan fingerprint density at radius 2 is 1.73 bits per heavy atom. The first-order valence-corrected chi connectivity index (χ1v) is 11.3. The smallest absolute Gasteiger partial charge is 0.237 e. The molecule has 0 bridgehead atoms. The molecule has 0 aliphatic carbocycles. The van der Waals surface area contributed by atoms with Gasteiger partial charge in [-0.05, 0) is 83.3 Å². The highest BCUT2D eigenvalue weighted by atomic mass is 16.2. The van der Waals surface area contributed by atoms with E-state index in [0.29, 0.717) is 30.5 Å². The van der Waals surface area contributed by atoms with Crippen LogP contribution in [0.25, 0.3) is 0 Å². The van der Waals surface area contributed by atoms with Crippen molar-refractivity contribution < 1.29 is 4.79 Å². The van der Waals surface area contributed by atoms with Crippen molar-refractivity contribution in [2.45, 2.75) is 64.0 Å². The molecule has 160 valence electrons. The van der Waals surface area contributed by atoms with Crippen LogP contribution in [-0.2, 0) is 4.79 Å². The lowest BCUT2D eigenvalue weighted by atomic mass is 9.93. The maximum Gasteiger partial charge on any atom is 0.237 e. The monoisotopic (exact) mass is 407 g/mol. The molecule has 1 N–H and O–H groups in total. The molecule has 2 aromatic rings. The summed E-state index contributed by atoms with van der Waals surface area (Å²) < 4.78 is 0. The van der Waals surface area contributed by atoms with Gasteiger partial charge >= 0.3 is 0 Å². The summed E-state index contributed by atoms with van der Waals surface area (Å²) in [6.45, 7) is 6.84. The summed E-state index contributed by atoms with van der Waals surface area (Å²) in [4.78, 5) is 26.5. The van der Waals surface area contributed by atoms with E-state index in [9.17, 15) is 4.79 Å². The van der Waals surface area contributed by atoms with E-state index in [1.54, 1.807) is 6.20 Å². The molecular formula is C24H33N5O. The number of hydrogen-bond acceptors (Lipinski definition) is 5. The minimum Gasteiger partial charge on any atom is -0.336 e. The molecule has 0 radical (unpaired) electrons. The van der Waals surface area contributed by atoms with Crippen LogP contribution in [0.3, 0.4) is 0 Å². The fourth-order valence-electron chi connectivity index (χ4n) is 4.89. The summed E-state index contributed by atoms with van der Waals surface area (Å²) in [7, 11) is 0. The Morgan fingerprint density at radius 3 is 2.43 bits per heavy atom. The number of anilines is 2. The van der Waals surface area contributed by atoms with Crippen LogP contribution < -0.4 is 5.32 Å². The normalized spacial score (nSPS) is 23.3. The van der Waals surface area contributed by atoms with Crippen molar-refractivity contribution in [1.29, 1.82) is 0 Å². The zero-order chi connectivity index (χ0) is 20.9. The van der Waals surface area contributed by atoms with Crippen LogP contribution in [0.15, 0.2) is 42.6 Å². The average Bonchev–Trinajstić information content (AvgIpc) is 2.75. The highest BCUT2D eigenvalue weighted by Crippen LogP contribution is 2.28. The third-order valence-corrected chi connectivity index (χ3v) is 6.54. The van der Waals surface area contributed by atoms with Crippen molar-refractivity contribution >= 4 is 17.5 Å². The number of rotatable bonds is 5. The Kier molecular flexibility index (Phi) is 6.62. The molecule has 4 heterocycles. The third kappa shape index (κ3) is 4.98. The lowest BCUT2D eigenvalue weighted by Crippen LogP contribution is -2.51. The number of amides is 1. The molecule has 2 saturated heterocycles. The van der Waals surface area contributed by atoms with Crippen LogP contribution in [0.2, 0.25) is 0 Å². The first-order valence-electron chi connectivity index (χ1n) is 11.3. The van der Waals surface area contributed by atoms with Gasteiger partial charge in [-0.3, -0.25) is 9.69 Å². The van der Waals surface area contributed by atoms with Gasteiger partial charge in [-0.15, -0.1) is 0 Å². The van der Waals surface area contributed by atoms with Crippen molar-refractivity contribution in [2.75, 3.05) is 25.0 Å². The molecule has 0 unspecified atom stereocenters. The molecule has 6 nitrogen and oxygen atoms in total. The Bertz CT molecular complexity index is 824. The number of hydrogen-bond donors (Lipinski definition) is 1. The second-order valence-electron chi connectivity index (χ2n) is 8.77. The highest BCUT2D eigenvalue weighted by Gasteiger charge is 2.31. The van der Waals surface area contributed by atoms with E-state index in [4.69, 9.17) is 4.98 Å². The quantitative estimate of drug-likeness (QED) is 0.805. The maximum atomic E-state index is 12.9. The molecule has 2 aliphatic heterocycles. The number of piperidine rings is 2. The number of likely N-dealkylation sites (tertiary alicyclic amines) is 2. The Labute approximate surface area is 179 Å². The average molecular weight is 408 g/mol. The van der Waals surface area contributed by atoms with Crippen LogP contribution in [0.4, 0.5) is 11.6 Å². The topological polar surface area (TPSA) is 61.4 Å². The second-order valence-corrected chi connectivity index (χ2v) is 8.77. The lowest BCUT2D eigenvalue weighted by molar-refractivity contribution is -0.138. The molecule has 2 aliphatic rings. The molecule has 2 aromatic heterocycles. The standard InChI is InChI=1S/C24H33N5O/c1-18-7-5-8-19(2)29(18)24(30)17-28-15-12-20(13-16-28)21-9-6-11-23(26-21)27-22-10-3-4-14-25-22/h3-4,6,9-11,14,18-20H,5,7-8,12-13,15-17H2,1-2H3,(H,25,26,27)/t18-,19+. The van der Waals surface area contributed by atoms with E-state index in [1.165, 1.54) is 6.42 Å². The first kappa shape index (κ1) is 20.8. The number of pyridine rings is 2. The molecule has 1 amide bonds. The van der Waals surface area contributed by atoms with Gasteiger partial charge in [-0.1, -0.05) is 12.1 Å². The predicted octanol–water partition coefficient (Wildman–Crippen LogP) is 4.19. The van der Waals surface area contributed by atoms with Crippen molar-refractivity contribution in [3.63, 3.8) is 0 Å². The van der Waals surface area contributed by atoms with Crippen molar-refractivity contribution in [2.24, 2.45) is 0 Å². The van der Waals surface area contributed by atoms with E-state index in [2.05, 4.69) is 46.1 Å². The van der Waals surface area contributed by atoms with Gasteiger partial charge in [0.25, 0.3) is 0 Å². The summed E-state index contributed by atoms with van der Waals surface area (Å²) in [5.41, 5.74) is 1.13.